The Kier molecular flexibility index (Phi) is 18.6. The van der Waals surface area contributed by atoms with E-state index >= 15 is 0 Å². The predicted molar refractivity (Wildman–Crippen MR) is 164 cm³/mol. The molecule has 2 aliphatic carbocycles. The predicted octanol–water partition coefficient (Wildman–Crippen LogP) is 4.25. The van der Waals surface area contributed by atoms with Crippen LogP contribution in [0.15, 0.2) is 0 Å². The van der Waals surface area contributed by atoms with Gasteiger partial charge >= 0.3 is 17.1 Å². The standard InChI is InChI=1S/2C15H25N2OS.Fe/c2*1-12(19-3)15(13-7-4-5-8-13)16-17-10-6-9-14(17)11-18-2;/h2*4-5,7-8,12,14-16H,6,9-11H2,1-3H3;/q;;+2/t12-,14+,15?;12-,14-,15?;/m10./s1. The molecule has 220 valence electrons. The molecule has 4 aliphatic rings. The van der Waals surface area contributed by atoms with Gasteiger partial charge in [0.05, 0.1) is 13.2 Å². The van der Waals surface area contributed by atoms with Gasteiger partial charge in [0.1, 0.15) is 0 Å². The zero-order chi connectivity index (χ0) is 27.3. The Labute approximate surface area is 260 Å². The Morgan fingerprint density at radius 2 is 1.10 bits per heavy atom. The summed E-state index contributed by atoms with van der Waals surface area (Å²) in [7, 11) is 3.57. The Balaban J connectivity index is 0.000000267. The SMILES string of the molecule is COC[C@@H]1CCCN1NC([C]1[CH][CH][CH][CH]1)[C@@H](C)SC.COC[C@@H]1CCCN1NC([C]1[CH][CH][CH][CH]1)[C@H](C)SC.[Fe+2]. The fraction of sp³-hybridized carbons (Fsp3) is 0.667. The molecule has 2 saturated carbocycles. The van der Waals surface area contributed by atoms with Crippen molar-refractivity contribution < 1.29 is 26.5 Å². The van der Waals surface area contributed by atoms with Crippen molar-refractivity contribution in [1.82, 2.24) is 20.9 Å². The number of ether oxygens (including phenoxy) is 2. The summed E-state index contributed by atoms with van der Waals surface area (Å²) in [4.78, 5) is 0. The molecule has 2 saturated heterocycles. The number of nitrogens with zero attached hydrogens (tertiary/aromatic N) is 2. The van der Waals surface area contributed by atoms with Crippen LogP contribution in [-0.2, 0) is 26.5 Å². The van der Waals surface area contributed by atoms with Gasteiger partial charge in [0.15, 0.2) is 0 Å². The molecule has 6 atom stereocenters. The monoisotopic (exact) mass is 618 g/mol. The first-order valence-corrected chi connectivity index (χ1v) is 16.6. The number of hydrogen-bond acceptors (Lipinski definition) is 8. The van der Waals surface area contributed by atoms with Crippen LogP contribution in [0.1, 0.15) is 39.5 Å². The number of nitrogens with one attached hydrogen (secondary N) is 2. The fourth-order valence-electron chi connectivity index (χ4n) is 5.47. The van der Waals surface area contributed by atoms with Crippen molar-refractivity contribution in [2.45, 2.75) is 74.2 Å². The van der Waals surface area contributed by atoms with Crippen LogP contribution in [-0.4, -0.2) is 97.7 Å². The van der Waals surface area contributed by atoms with Crippen LogP contribution in [0.25, 0.3) is 0 Å². The summed E-state index contributed by atoms with van der Waals surface area (Å²) < 4.78 is 10.7. The second-order valence-electron chi connectivity index (χ2n) is 10.4. The first kappa shape index (κ1) is 36.2. The number of hydrazine groups is 2. The largest absolute Gasteiger partial charge is 2.00 e. The molecular formula is C30H50FeN4O2S2+2. The second-order valence-corrected chi connectivity index (χ2v) is 12.9. The molecule has 0 spiro atoms. The zero-order valence-electron chi connectivity index (χ0n) is 24.6. The fourth-order valence-corrected chi connectivity index (χ4v) is 6.45. The van der Waals surface area contributed by atoms with Crippen molar-refractivity contribution >= 4 is 23.5 Å². The van der Waals surface area contributed by atoms with Crippen molar-refractivity contribution in [2.75, 3.05) is 53.0 Å². The molecule has 9 heteroatoms. The van der Waals surface area contributed by atoms with Gasteiger partial charge in [-0.05, 0) is 89.6 Å². The minimum absolute atomic E-state index is 0. The minimum atomic E-state index is 0. The van der Waals surface area contributed by atoms with E-state index in [1.165, 1.54) is 37.5 Å². The van der Waals surface area contributed by atoms with Crippen LogP contribution in [0, 0.1) is 63.2 Å². The number of rotatable bonds is 14. The van der Waals surface area contributed by atoms with E-state index in [9.17, 15) is 0 Å². The first-order chi connectivity index (χ1) is 18.5. The Bertz CT molecular complexity index is 576. The maximum Gasteiger partial charge on any atom is 2.00 e. The molecule has 39 heavy (non-hydrogen) atoms. The summed E-state index contributed by atoms with van der Waals surface area (Å²) >= 11 is 3.82. The van der Waals surface area contributed by atoms with Gasteiger partial charge in [-0.3, -0.25) is 10.9 Å². The number of methoxy groups -OCH3 is 2. The van der Waals surface area contributed by atoms with Crippen LogP contribution >= 0.6 is 23.5 Å². The molecule has 0 amide bonds. The zero-order valence-corrected chi connectivity index (χ0v) is 27.4. The molecule has 0 aromatic rings. The van der Waals surface area contributed by atoms with E-state index < -0.39 is 0 Å². The van der Waals surface area contributed by atoms with Crippen molar-refractivity contribution in [3.8, 4) is 0 Å². The molecular weight excluding hydrogens is 568 g/mol. The van der Waals surface area contributed by atoms with Crippen LogP contribution in [0.4, 0.5) is 0 Å². The average Bonchev–Trinajstić information content (AvgIpc) is 3.74. The molecule has 2 aliphatic heterocycles. The van der Waals surface area contributed by atoms with Crippen molar-refractivity contribution in [3.63, 3.8) is 0 Å². The van der Waals surface area contributed by atoms with Gasteiger partial charge in [-0.1, -0.05) is 13.8 Å². The van der Waals surface area contributed by atoms with Crippen LogP contribution in [0.2, 0.25) is 0 Å². The number of hydrogen-bond donors (Lipinski definition) is 2. The third-order valence-electron chi connectivity index (χ3n) is 7.86. The summed E-state index contributed by atoms with van der Waals surface area (Å²) in [6, 6.07) is 1.78. The van der Waals surface area contributed by atoms with Gasteiger partial charge in [-0.15, -0.1) is 0 Å². The third-order valence-corrected chi connectivity index (χ3v) is 9.89. The maximum absolute atomic E-state index is 5.33. The molecule has 0 aromatic heterocycles. The molecule has 2 heterocycles. The van der Waals surface area contributed by atoms with Crippen molar-refractivity contribution in [3.05, 3.63) is 63.2 Å². The Hall–Kier alpha value is 0.979. The van der Waals surface area contributed by atoms with Crippen LogP contribution in [0.5, 0.6) is 0 Å². The average molecular weight is 619 g/mol. The van der Waals surface area contributed by atoms with E-state index in [-0.39, 0.29) is 17.1 Å². The minimum Gasteiger partial charge on any atom is -0.383 e. The topological polar surface area (TPSA) is 49.0 Å². The van der Waals surface area contributed by atoms with Gasteiger partial charge in [0.25, 0.3) is 0 Å². The van der Waals surface area contributed by atoms with E-state index in [4.69, 9.17) is 9.47 Å². The Morgan fingerprint density at radius 3 is 1.41 bits per heavy atom. The molecule has 0 bridgehead atoms. The summed E-state index contributed by atoms with van der Waals surface area (Å²) in [5.41, 5.74) is 7.47. The summed E-state index contributed by atoms with van der Waals surface area (Å²) in [6.07, 6.45) is 26.6. The van der Waals surface area contributed by atoms with Gasteiger partial charge in [0.2, 0.25) is 0 Å². The summed E-state index contributed by atoms with van der Waals surface area (Å²) in [5.74, 6) is 2.76. The molecule has 4 rings (SSSR count). The normalized spacial score (nSPS) is 28.2. The number of thioether (sulfide) groups is 2. The Morgan fingerprint density at radius 1 is 0.744 bits per heavy atom. The van der Waals surface area contributed by atoms with Crippen LogP contribution in [0.3, 0.4) is 0 Å². The first-order valence-electron chi connectivity index (χ1n) is 14.0. The van der Waals surface area contributed by atoms with E-state index in [0.717, 1.165) is 26.3 Å². The third kappa shape index (κ3) is 11.2. The van der Waals surface area contributed by atoms with Crippen molar-refractivity contribution in [1.29, 1.82) is 0 Å². The molecule has 2 unspecified atom stereocenters. The quantitative estimate of drug-likeness (QED) is 0.281. The van der Waals surface area contributed by atoms with Crippen LogP contribution < -0.4 is 10.9 Å². The molecule has 6 nitrogen and oxygen atoms in total. The second kappa shape index (κ2) is 20.0. The van der Waals surface area contributed by atoms with E-state index in [2.05, 4.69) is 98.6 Å². The smallest absolute Gasteiger partial charge is 0.383 e. The van der Waals surface area contributed by atoms with Crippen molar-refractivity contribution in [2.24, 2.45) is 0 Å². The summed E-state index contributed by atoms with van der Waals surface area (Å²) in [6.45, 7) is 8.44. The van der Waals surface area contributed by atoms with E-state index in [0.29, 0.717) is 34.7 Å². The van der Waals surface area contributed by atoms with E-state index in [1.54, 1.807) is 14.2 Å². The van der Waals surface area contributed by atoms with Gasteiger partial charge < -0.3 is 9.47 Å². The van der Waals surface area contributed by atoms with Gasteiger partial charge in [-0.2, -0.15) is 23.5 Å². The molecule has 10 radical (unpaired) electrons. The molecule has 2 N–H and O–H groups in total. The maximum atomic E-state index is 5.33. The summed E-state index contributed by atoms with van der Waals surface area (Å²) in [5, 5.41) is 5.86. The van der Waals surface area contributed by atoms with Gasteiger partial charge in [-0.25, -0.2) is 10.0 Å². The molecule has 4 fully saturated rings. The van der Waals surface area contributed by atoms with E-state index in [1.807, 2.05) is 23.5 Å². The molecule has 0 aromatic carbocycles. The van der Waals surface area contributed by atoms with Gasteiger partial charge in [0, 0.05) is 73.8 Å².